The first-order valence-corrected chi connectivity index (χ1v) is 8.90. The molecule has 6 nitrogen and oxygen atoms in total. The number of nitrogens with zero attached hydrogens (tertiary/aromatic N) is 4. The van der Waals surface area contributed by atoms with E-state index in [2.05, 4.69) is 15.2 Å². The standard InChI is InChI=1S/C18H24N4O2/c1-13-10-16(20-24-13)12-21-8-6-14(7-9-21)11-22-18(23)5-4-17(19-22)15-2-3-15/h4-5,10,14-15H,2-3,6-9,11-12H2,1H3. The molecular weight excluding hydrogens is 304 g/mol. The van der Waals surface area contributed by atoms with Crippen LogP contribution in [0.4, 0.5) is 0 Å². The zero-order chi connectivity index (χ0) is 16.5. The van der Waals surface area contributed by atoms with Crippen molar-refractivity contribution in [3.05, 3.63) is 45.7 Å². The molecule has 2 fully saturated rings. The summed E-state index contributed by atoms with van der Waals surface area (Å²) in [5.74, 6) is 1.98. The minimum atomic E-state index is 0.0277. The Hall–Kier alpha value is -1.95. The number of piperidine rings is 1. The number of aryl methyl sites for hydroxylation is 1. The molecule has 128 valence electrons. The van der Waals surface area contributed by atoms with E-state index in [1.54, 1.807) is 10.7 Å². The fourth-order valence-electron chi connectivity index (χ4n) is 3.49. The molecule has 0 bridgehead atoms. The molecule has 0 atom stereocenters. The van der Waals surface area contributed by atoms with Gasteiger partial charge in [0.25, 0.3) is 5.56 Å². The largest absolute Gasteiger partial charge is 0.361 e. The van der Waals surface area contributed by atoms with E-state index in [0.717, 1.165) is 56.2 Å². The number of aromatic nitrogens is 3. The van der Waals surface area contributed by atoms with Gasteiger partial charge >= 0.3 is 0 Å². The van der Waals surface area contributed by atoms with Crippen LogP contribution in [-0.4, -0.2) is 32.9 Å². The Labute approximate surface area is 141 Å². The molecule has 24 heavy (non-hydrogen) atoms. The third kappa shape index (κ3) is 3.59. The first kappa shape index (κ1) is 15.6. The van der Waals surface area contributed by atoms with Crippen LogP contribution < -0.4 is 5.56 Å². The monoisotopic (exact) mass is 328 g/mol. The average Bonchev–Trinajstić information content (AvgIpc) is 3.35. The van der Waals surface area contributed by atoms with Crippen molar-refractivity contribution in [2.45, 2.75) is 51.6 Å². The molecule has 1 aliphatic heterocycles. The van der Waals surface area contributed by atoms with Crippen molar-refractivity contribution in [1.29, 1.82) is 0 Å². The van der Waals surface area contributed by atoms with E-state index < -0.39 is 0 Å². The smallest absolute Gasteiger partial charge is 0.266 e. The van der Waals surface area contributed by atoms with E-state index in [1.807, 2.05) is 19.1 Å². The highest BCUT2D eigenvalue weighted by Gasteiger charge is 2.26. The van der Waals surface area contributed by atoms with Gasteiger partial charge in [-0.3, -0.25) is 9.69 Å². The van der Waals surface area contributed by atoms with E-state index in [9.17, 15) is 4.79 Å². The summed E-state index contributed by atoms with van der Waals surface area (Å²) in [7, 11) is 0. The van der Waals surface area contributed by atoms with E-state index in [1.165, 1.54) is 12.8 Å². The minimum Gasteiger partial charge on any atom is -0.361 e. The predicted molar refractivity (Wildman–Crippen MR) is 89.7 cm³/mol. The van der Waals surface area contributed by atoms with Gasteiger partial charge in [0, 0.05) is 31.1 Å². The fourth-order valence-corrected chi connectivity index (χ4v) is 3.49. The highest BCUT2D eigenvalue weighted by Crippen LogP contribution is 2.38. The van der Waals surface area contributed by atoms with E-state index >= 15 is 0 Å². The van der Waals surface area contributed by atoms with Crippen molar-refractivity contribution in [3.8, 4) is 0 Å². The molecule has 0 radical (unpaired) electrons. The summed E-state index contributed by atoms with van der Waals surface area (Å²) in [6, 6.07) is 5.58. The van der Waals surface area contributed by atoms with E-state index in [-0.39, 0.29) is 5.56 Å². The van der Waals surface area contributed by atoms with E-state index in [0.29, 0.717) is 11.8 Å². The molecule has 0 spiro atoms. The van der Waals surface area contributed by atoms with Crippen LogP contribution in [0.3, 0.4) is 0 Å². The van der Waals surface area contributed by atoms with Crippen LogP contribution in [-0.2, 0) is 13.1 Å². The molecule has 2 aliphatic rings. The Morgan fingerprint density at radius 1 is 1.21 bits per heavy atom. The Balaban J connectivity index is 1.33. The van der Waals surface area contributed by atoms with Gasteiger partial charge in [-0.05, 0) is 57.7 Å². The second-order valence-corrected chi connectivity index (χ2v) is 7.20. The van der Waals surface area contributed by atoms with E-state index in [4.69, 9.17) is 4.52 Å². The summed E-state index contributed by atoms with van der Waals surface area (Å²) in [4.78, 5) is 14.5. The molecule has 1 saturated heterocycles. The summed E-state index contributed by atoms with van der Waals surface area (Å²) in [5, 5.41) is 8.65. The molecule has 0 N–H and O–H groups in total. The lowest BCUT2D eigenvalue weighted by atomic mass is 9.96. The lowest BCUT2D eigenvalue weighted by Crippen LogP contribution is -2.36. The van der Waals surface area contributed by atoms with Crippen LogP contribution in [0.5, 0.6) is 0 Å². The third-order valence-electron chi connectivity index (χ3n) is 5.08. The second kappa shape index (κ2) is 6.51. The van der Waals surface area contributed by atoms with Gasteiger partial charge in [-0.15, -0.1) is 0 Å². The topological polar surface area (TPSA) is 64.2 Å². The quantitative estimate of drug-likeness (QED) is 0.843. The Morgan fingerprint density at radius 2 is 2.00 bits per heavy atom. The molecule has 0 unspecified atom stereocenters. The second-order valence-electron chi connectivity index (χ2n) is 7.20. The van der Waals surface area contributed by atoms with Gasteiger partial charge < -0.3 is 4.52 Å². The highest BCUT2D eigenvalue weighted by atomic mass is 16.5. The maximum atomic E-state index is 12.1. The van der Waals surface area contributed by atoms with Gasteiger partial charge in [0.2, 0.25) is 0 Å². The summed E-state index contributed by atoms with van der Waals surface area (Å²) in [6.45, 7) is 5.58. The molecule has 4 rings (SSSR count). The number of hydrogen-bond donors (Lipinski definition) is 0. The van der Waals surface area contributed by atoms with Crippen molar-refractivity contribution in [2.75, 3.05) is 13.1 Å². The Kier molecular flexibility index (Phi) is 4.22. The summed E-state index contributed by atoms with van der Waals surface area (Å²) >= 11 is 0. The number of rotatable bonds is 5. The first-order valence-electron chi connectivity index (χ1n) is 8.90. The van der Waals surface area contributed by atoms with Crippen molar-refractivity contribution >= 4 is 0 Å². The Morgan fingerprint density at radius 3 is 2.67 bits per heavy atom. The third-order valence-corrected chi connectivity index (χ3v) is 5.08. The normalized spacial score (nSPS) is 19.7. The molecular formula is C18H24N4O2. The SMILES string of the molecule is Cc1cc(CN2CCC(Cn3nc(C4CC4)ccc3=O)CC2)no1. The van der Waals surface area contributed by atoms with Gasteiger partial charge in [0.05, 0.1) is 11.4 Å². The molecule has 0 amide bonds. The first-order chi connectivity index (χ1) is 11.7. The van der Waals surface area contributed by atoms with Gasteiger partial charge in [0.15, 0.2) is 0 Å². The summed E-state index contributed by atoms with van der Waals surface area (Å²) < 4.78 is 6.82. The summed E-state index contributed by atoms with van der Waals surface area (Å²) in [6.07, 6.45) is 4.62. The van der Waals surface area contributed by atoms with Gasteiger partial charge in [-0.2, -0.15) is 5.10 Å². The van der Waals surface area contributed by atoms with Crippen molar-refractivity contribution in [2.24, 2.45) is 5.92 Å². The highest BCUT2D eigenvalue weighted by molar-refractivity contribution is 5.12. The van der Waals surface area contributed by atoms with Crippen LogP contribution in [0.1, 0.15) is 48.7 Å². The average molecular weight is 328 g/mol. The predicted octanol–water partition coefficient (Wildman–Crippen LogP) is 2.33. The lowest BCUT2D eigenvalue weighted by molar-refractivity contribution is 0.160. The molecule has 1 saturated carbocycles. The molecule has 1 aliphatic carbocycles. The lowest BCUT2D eigenvalue weighted by Gasteiger charge is -2.31. The van der Waals surface area contributed by atoms with Gasteiger partial charge in [-0.25, -0.2) is 4.68 Å². The van der Waals surface area contributed by atoms with Crippen molar-refractivity contribution in [3.63, 3.8) is 0 Å². The molecule has 0 aromatic carbocycles. The Bertz CT molecular complexity index is 754. The summed E-state index contributed by atoms with van der Waals surface area (Å²) in [5.41, 5.74) is 2.12. The minimum absolute atomic E-state index is 0.0277. The van der Waals surface area contributed by atoms with Crippen molar-refractivity contribution in [1.82, 2.24) is 19.8 Å². The molecule has 3 heterocycles. The number of hydrogen-bond acceptors (Lipinski definition) is 5. The fraction of sp³-hybridized carbons (Fsp3) is 0.611. The van der Waals surface area contributed by atoms with Gasteiger partial charge in [-0.1, -0.05) is 5.16 Å². The molecule has 2 aromatic heterocycles. The maximum Gasteiger partial charge on any atom is 0.266 e. The van der Waals surface area contributed by atoms with Crippen molar-refractivity contribution < 1.29 is 4.52 Å². The molecule has 6 heteroatoms. The zero-order valence-corrected chi connectivity index (χ0v) is 14.1. The van der Waals surface area contributed by atoms with Crippen LogP contribution in [0, 0.1) is 12.8 Å². The zero-order valence-electron chi connectivity index (χ0n) is 14.1. The van der Waals surface area contributed by atoms with Crippen LogP contribution >= 0.6 is 0 Å². The maximum absolute atomic E-state index is 12.1. The van der Waals surface area contributed by atoms with Crippen LogP contribution in [0.15, 0.2) is 27.5 Å². The number of likely N-dealkylation sites (tertiary alicyclic amines) is 1. The molecule has 2 aromatic rings. The van der Waals surface area contributed by atoms with Crippen LogP contribution in [0.25, 0.3) is 0 Å². The van der Waals surface area contributed by atoms with Crippen LogP contribution in [0.2, 0.25) is 0 Å². The van der Waals surface area contributed by atoms with Gasteiger partial charge in [0.1, 0.15) is 5.76 Å².